The van der Waals surface area contributed by atoms with Crippen LogP contribution in [0.4, 0.5) is 0 Å². The van der Waals surface area contributed by atoms with Gasteiger partial charge in [0.1, 0.15) is 6.17 Å². The molecule has 0 amide bonds. The molecule has 0 aromatic heterocycles. The van der Waals surface area contributed by atoms with Crippen molar-refractivity contribution in [2.24, 2.45) is 0 Å². The Labute approximate surface area is 178 Å². The van der Waals surface area contributed by atoms with E-state index in [9.17, 15) is 0 Å². The van der Waals surface area contributed by atoms with Crippen LogP contribution in [0.3, 0.4) is 0 Å². The summed E-state index contributed by atoms with van der Waals surface area (Å²) >= 11 is 0. The van der Waals surface area contributed by atoms with Crippen molar-refractivity contribution in [1.82, 2.24) is 9.80 Å². The van der Waals surface area contributed by atoms with E-state index in [4.69, 9.17) is 0 Å². The van der Waals surface area contributed by atoms with Crippen LogP contribution in [0.5, 0.6) is 0 Å². The van der Waals surface area contributed by atoms with Crippen LogP contribution in [0, 0.1) is 0 Å². The summed E-state index contributed by atoms with van der Waals surface area (Å²) in [6.07, 6.45) is 32.3. The molecule has 0 saturated heterocycles. The Hall–Kier alpha value is -0.660. The first-order valence-corrected chi connectivity index (χ1v) is 13.0. The lowest BCUT2D eigenvalue weighted by Gasteiger charge is -2.30. The average molecular weight is 393 g/mol. The fourth-order valence-electron chi connectivity index (χ4n) is 4.46. The van der Waals surface area contributed by atoms with E-state index in [-0.39, 0.29) is 0 Å². The molecule has 0 spiro atoms. The van der Waals surface area contributed by atoms with Crippen molar-refractivity contribution >= 4 is 0 Å². The van der Waals surface area contributed by atoms with Crippen LogP contribution in [0.15, 0.2) is 12.4 Å². The van der Waals surface area contributed by atoms with Crippen molar-refractivity contribution in [2.45, 2.75) is 142 Å². The van der Waals surface area contributed by atoms with Crippen molar-refractivity contribution in [3.63, 3.8) is 0 Å². The normalized spacial score (nSPS) is 16.5. The zero-order valence-electron chi connectivity index (χ0n) is 19.8. The molecule has 1 aliphatic rings. The molecule has 0 bridgehead atoms. The molecule has 0 aliphatic carbocycles. The van der Waals surface area contributed by atoms with Gasteiger partial charge in [0.2, 0.25) is 0 Å². The van der Waals surface area contributed by atoms with Crippen molar-refractivity contribution < 1.29 is 0 Å². The number of unbranched alkanes of at least 4 members (excludes halogenated alkanes) is 16. The summed E-state index contributed by atoms with van der Waals surface area (Å²) in [5, 5.41) is 0. The predicted octanol–water partition coefficient (Wildman–Crippen LogP) is 8.48. The highest BCUT2D eigenvalue weighted by molar-refractivity contribution is 4.95. The maximum Gasteiger partial charge on any atom is 0.100 e. The Bertz CT molecular complexity index is 352. The molecule has 0 saturated carbocycles. The van der Waals surface area contributed by atoms with Crippen LogP contribution in [0.1, 0.15) is 136 Å². The Morgan fingerprint density at radius 2 is 0.964 bits per heavy atom. The van der Waals surface area contributed by atoms with Crippen LogP contribution < -0.4 is 0 Å². The number of hydrogen-bond donors (Lipinski definition) is 0. The molecule has 0 fully saturated rings. The molecule has 2 heteroatoms. The van der Waals surface area contributed by atoms with E-state index >= 15 is 0 Å². The Balaban J connectivity index is 1.86. The lowest BCUT2D eigenvalue weighted by atomic mass is 10.0. The molecule has 1 atom stereocenters. The van der Waals surface area contributed by atoms with Crippen LogP contribution in [0.2, 0.25) is 0 Å². The average Bonchev–Trinajstić information content (AvgIpc) is 3.05. The molecule has 1 heterocycles. The van der Waals surface area contributed by atoms with Crippen LogP contribution >= 0.6 is 0 Å². The second kappa shape index (κ2) is 18.4. The highest BCUT2D eigenvalue weighted by Gasteiger charge is 2.22. The standard InChI is InChI=1S/C26H52N2/c1-4-6-8-9-10-11-12-13-14-15-16-17-18-19-20-22-26-27(3)24-25-28(26)23-21-7-5-2/h24-26H,4-23H2,1-3H3. The summed E-state index contributed by atoms with van der Waals surface area (Å²) < 4.78 is 0. The lowest BCUT2D eigenvalue weighted by Crippen LogP contribution is -2.36. The summed E-state index contributed by atoms with van der Waals surface area (Å²) in [6, 6.07) is 0. The third-order valence-electron chi connectivity index (χ3n) is 6.43. The van der Waals surface area contributed by atoms with Crippen LogP contribution in [0.25, 0.3) is 0 Å². The smallest absolute Gasteiger partial charge is 0.100 e. The molecular formula is C26H52N2. The minimum absolute atomic E-state index is 0.624. The summed E-state index contributed by atoms with van der Waals surface area (Å²) in [6.45, 7) is 5.83. The summed E-state index contributed by atoms with van der Waals surface area (Å²) in [5.41, 5.74) is 0. The minimum atomic E-state index is 0.624. The lowest BCUT2D eigenvalue weighted by molar-refractivity contribution is 0.159. The van der Waals surface area contributed by atoms with Gasteiger partial charge in [-0.15, -0.1) is 0 Å². The van der Waals surface area contributed by atoms with E-state index in [1.807, 2.05) is 0 Å². The highest BCUT2D eigenvalue weighted by Crippen LogP contribution is 2.21. The van der Waals surface area contributed by atoms with E-state index in [0.29, 0.717) is 6.17 Å². The molecule has 0 aromatic rings. The van der Waals surface area contributed by atoms with Gasteiger partial charge in [-0.2, -0.15) is 0 Å². The molecule has 0 aromatic carbocycles. The van der Waals surface area contributed by atoms with Gasteiger partial charge in [-0.05, 0) is 19.3 Å². The Morgan fingerprint density at radius 3 is 1.46 bits per heavy atom. The summed E-state index contributed by atoms with van der Waals surface area (Å²) in [4.78, 5) is 4.98. The van der Waals surface area contributed by atoms with E-state index in [1.165, 1.54) is 129 Å². The van der Waals surface area contributed by atoms with Gasteiger partial charge in [-0.1, -0.05) is 117 Å². The van der Waals surface area contributed by atoms with Gasteiger partial charge in [0.05, 0.1) is 0 Å². The fourth-order valence-corrected chi connectivity index (χ4v) is 4.46. The molecule has 0 N–H and O–H groups in total. The molecule has 1 aliphatic heterocycles. The Morgan fingerprint density at radius 1 is 0.536 bits per heavy atom. The van der Waals surface area contributed by atoms with Gasteiger partial charge < -0.3 is 9.80 Å². The topological polar surface area (TPSA) is 6.48 Å². The molecule has 0 radical (unpaired) electrons. The molecule has 2 nitrogen and oxygen atoms in total. The number of rotatable bonds is 20. The summed E-state index contributed by atoms with van der Waals surface area (Å²) in [7, 11) is 2.24. The third kappa shape index (κ3) is 12.7. The highest BCUT2D eigenvalue weighted by atomic mass is 15.4. The quantitative estimate of drug-likeness (QED) is 0.192. The monoisotopic (exact) mass is 392 g/mol. The fraction of sp³-hybridized carbons (Fsp3) is 0.923. The summed E-state index contributed by atoms with van der Waals surface area (Å²) in [5.74, 6) is 0. The van der Waals surface area contributed by atoms with Gasteiger partial charge in [0.15, 0.2) is 0 Å². The van der Waals surface area contributed by atoms with Crippen molar-refractivity contribution in [3.05, 3.63) is 12.4 Å². The minimum Gasteiger partial charge on any atom is -0.359 e. The maximum absolute atomic E-state index is 2.57. The van der Waals surface area contributed by atoms with E-state index in [1.54, 1.807) is 0 Å². The van der Waals surface area contributed by atoms with E-state index in [2.05, 4.69) is 43.1 Å². The molecule has 1 rings (SSSR count). The molecule has 28 heavy (non-hydrogen) atoms. The Kier molecular flexibility index (Phi) is 16.7. The number of hydrogen-bond acceptors (Lipinski definition) is 2. The molecule has 1 unspecified atom stereocenters. The van der Waals surface area contributed by atoms with Crippen LogP contribution in [-0.2, 0) is 0 Å². The predicted molar refractivity (Wildman–Crippen MR) is 126 cm³/mol. The van der Waals surface area contributed by atoms with Crippen molar-refractivity contribution in [3.8, 4) is 0 Å². The maximum atomic E-state index is 2.57. The van der Waals surface area contributed by atoms with Gasteiger partial charge in [-0.3, -0.25) is 0 Å². The number of nitrogens with zero attached hydrogens (tertiary/aromatic N) is 2. The van der Waals surface area contributed by atoms with Gasteiger partial charge in [-0.25, -0.2) is 0 Å². The van der Waals surface area contributed by atoms with Crippen molar-refractivity contribution in [1.29, 1.82) is 0 Å². The SMILES string of the molecule is CCCCCCCCCCCCCCCCCC1N(C)C=CN1CCCCC. The molecular weight excluding hydrogens is 340 g/mol. The largest absolute Gasteiger partial charge is 0.359 e. The van der Waals surface area contributed by atoms with Crippen LogP contribution in [-0.4, -0.2) is 29.6 Å². The first-order valence-electron chi connectivity index (χ1n) is 13.0. The van der Waals surface area contributed by atoms with Crippen molar-refractivity contribution in [2.75, 3.05) is 13.6 Å². The van der Waals surface area contributed by atoms with E-state index < -0.39 is 0 Å². The second-order valence-electron chi connectivity index (χ2n) is 9.13. The first-order chi connectivity index (χ1) is 13.8. The van der Waals surface area contributed by atoms with Gasteiger partial charge >= 0.3 is 0 Å². The zero-order chi connectivity index (χ0) is 20.3. The first kappa shape index (κ1) is 25.4. The zero-order valence-corrected chi connectivity index (χ0v) is 19.8. The molecule has 166 valence electrons. The van der Waals surface area contributed by atoms with Gasteiger partial charge in [0, 0.05) is 26.0 Å². The second-order valence-corrected chi connectivity index (χ2v) is 9.13. The third-order valence-corrected chi connectivity index (χ3v) is 6.43. The van der Waals surface area contributed by atoms with E-state index in [0.717, 1.165) is 0 Å². The van der Waals surface area contributed by atoms with Gasteiger partial charge in [0.25, 0.3) is 0 Å².